The number of halogens is 1. The third kappa shape index (κ3) is 7.55. The van der Waals surface area contributed by atoms with Crippen LogP contribution in [0.5, 0.6) is 11.5 Å². The van der Waals surface area contributed by atoms with Gasteiger partial charge in [-0.3, -0.25) is 9.59 Å². The highest BCUT2D eigenvalue weighted by molar-refractivity contribution is 9.10. The van der Waals surface area contributed by atoms with E-state index in [1.165, 1.54) is 5.56 Å². The third-order valence-electron chi connectivity index (χ3n) is 5.24. The second-order valence-corrected chi connectivity index (χ2v) is 8.46. The maximum Gasteiger partial charge on any atom is 0.261 e. The predicted octanol–water partition coefficient (Wildman–Crippen LogP) is 4.73. The summed E-state index contributed by atoms with van der Waals surface area (Å²) in [7, 11) is 1.60. The molecule has 0 aliphatic heterocycles. The average Bonchev–Trinajstić information content (AvgIpc) is 2.81. The molecule has 0 spiro atoms. The summed E-state index contributed by atoms with van der Waals surface area (Å²) in [5.74, 6) is 0.851. The average molecular weight is 505 g/mol. The molecule has 2 aromatic carbocycles. The van der Waals surface area contributed by atoms with Gasteiger partial charge in [0.15, 0.2) is 6.61 Å². The number of aryl methyl sites for hydroxylation is 1. The van der Waals surface area contributed by atoms with Crippen molar-refractivity contribution in [1.82, 2.24) is 10.2 Å². The van der Waals surface area contributed by atoms with E-state index in [1.807, 2.05) is 42.5 Å². The van der Waals surface area contributed by atoms with Gasteiger partial charge in [-0.25, -0.2) is 0 Å². The highest BCUT2D eigenvalue weighted by Gasteiger charge is 2.26. The number of hydrogen-bond donors (Lipinski definition) is 1. The monoisotopic (exact) mass is 504 g/mol. The van der Waals surface area contributed by atoms with Crippen molar-refractivity contribution in [2.75, 3.05) is 20.3 Å². The van der Waals surface area contributed by atoms with Crippen molar-refractivity contribution < 1.29 is 19.1 Å². The van der Waals surface area contributed by atoms with E-state index in [0.717, 1.165) is 29.3 Å². The Hall–Kier alpha value is -2.54. The minimum absolute atomic E-state index is 0.166. The number of amides is 2. The summed E-state index contributed by atoms with van der Waals surface area (Å²) >= 11 is 3.50. The number of carbonyl (C=O) groups excluding carboxylic acids is 2. The molecule has 2 amide bonds. The van der Waals surface area contributed by atoms with Crippen LogP contribution in [0.1, 0.15) is 44.7 Å². The number of nitrogens with zero attached hydrogens (tertiary/aromatic N) is 1. The van der Waals surface area contributed by atoms with Crippen LogP contribution in [0.2, 0.25) is 0 Å². The Morgan fingerprint density at radius 3 is 2.56 bits per heavy atom. The number of rotatable bonds is 12. The molecular formula is C25H33BrN2O4. The van der Waals surface area contributed by atoms with Gasteiger partial charge < -0.3 is 19.7 Å². The lowest BCUT2D eigenvalue weighted by Gasteiger charge is -2.29. The zero-order chi connectivity index (χ0) is 23.5. The van der Waals surface area contributed by atoms with Crippen LogP contribution in [0.25, 0.3) is 0 Å². The first-order valence-corrected chi connectivity index (χ1v) is 11.8. The van der Waals surface area contributed by atoms with E-state index in [1.54, 1.807) is 18.9 Å². The van der Waals surface area contributed by atoms with Crippen molar-refractivity contribution >= 4 is 27.7 Å². The minimum atomic E-state index is -0.639. The second kappa shape index (κ2) is 13.1. The fourth-order valence-electron chi connectivity index (χ4n) is 3.19. The smallest absolute Gasteiger partial charge is 0.261 e. The van der Waals surface area contributed by atoms with E-state index < -0.39 is 6.04 Å². The maximum atomic E-state index is 13.2. The number of nitrogens with one attached hydrogen (secondary N) is 1. The van der Waals surface area contributed by atoms with Crippen LogP contribution in [0.4, 0.5) is 0 Å². The fraction of sp³-hybridized carbons (Fsp3) is 0.440. The lowest BCUT2D eigenvalue weighted by Crippen LogP contribution is -2.49. The van der Waals surface area contributed by atoms with Gasteiger partial charge in [0.2, 0.25) is 5.91 Å². The Bertz CT molecular complexity index is 903. The first-order chi connectivity index (χ1) is 15.4. The Morgan fingerprint density at radius 1 is 1.12 bits per heavy atom. The van der Waals surface area contributed by atoms with E-state index in [-0.39, 0.29) is 25.0 Å². The normalized spacial score (nSPS) is 11.5. The molecule has 0 aliphatic rings. The summed E-state index contributed by atoms with van der Waals surface area (Å²) in [6, 6.07) is 12.7. The molecule has 1 N–H and O–H groups in total. The Labute approximate surface area is 199 Å². The lowest BCUT2D eigenvalue weighted by atomic mass is 10.1. The molecule has 0 heterocycles. The Balaban J connectivity index is 2.16. The molecule has 1 atom stereocenters. The van der Waals surface area contributed by atoms with Gasteiger partial charge in [-0.2, -0.15) is 0 Å². The molecule has 0 fully saturated rings. The number of hydrogen-bond acceptors (Lipinski definition) is 4. The molecule has 32 heavy (non-hydrogen) atoms. The van der Waals surface area contributed by atoms with Crippen LogP contribution in [0, 0.1) is 0 Å². The molecule has 0 radical (unpaired) electrons. The van der Waals surface area contributed by atoms with Crippen molar-refractivity contribution in [1.29, 1.82) is 0 Å². The van der Waals surface area contributed by atoms with Gasteiger partial charge in [0.05, 0.1) is 11.6 Å². The fourth-order valence-corrected chi connectivity index (χ4v) is 3.73. The summed E-state index contributed by atoms with van der Waals surface area (Å²) < 4.78 is 11.9. The highest BCUT2D eigenvalue weighted by atomic mass is 79.9. The van der Waals surface area contributed by atoms with E-state index >= 15 is 0 Å². The first-order valence-electron chi connectivity index (χ1n) is 11.0. The maximum absolute atomic E-state index is 13.2. The largest absolute Gasteiger partial charge is 0.497 e. The van der Waals surface area contributed by atoms with Gasteiger partial charge in [0, 0.05) is 13.1 Å². The predicted molar refractivity (Wildman–Crippen MR) is 130 cm³/mol. The van der Waals surface area contributed by atoms with Gasteiger partial charge in [0.25, 0.3) is 5.91 Å². The second-order valence-electron chi connectivity index (χ2n) is 7.60. The van der Waals surface area contributed by atoms with E-state index in [9.17, 15) is 9.59 Å². The van der Waals surface area contributed by atoms with Crippen LogP contribution < -0.4 is 14.8 Å². The number of methoxy groups -OCH3 is 1. The molecule has 2 rings (SSSR count). The van der Waals surface area contributed by atoms with Gasteiger partial charge in [-0.1, -0.05) is 38.5 Å². The van der Waals surface area contributed by atoms with Crippen molar-refractivity contribution in [3.63, 3.8) is 0 Å². The number of unbranched alkanes of at least 4 members (excludes halogenated alkanes) is 1. The number of ether oxygens (including phenoxy) is 2. The molecule has 7 heteroatoms. The molecule has 0 unspecified atom stereocenters. The molecule has 174 valence electrons. The molecule has 0 bridgehead atoms. The zero-order valence-corrected chi connectivity index (χ0v) is 20.9. The van der Waals surface area contributed by atoms with Crippen LogP contribution in [0.3, 0.4) is 0 Å². The summed E-state index contributed by atoms with van der Waals surface area (Å²) in [6.45, 7) is 6.59. The van der Waals surface area contributed by atoms with E-state index in [2.05, 4.69) is 35.1 Å². The van der Waals surface area contributed by atoms with Crippen molar-refractivity contribution in [2.45, 2.75) is 52.6 Å². The lowest BCUT2D eigenvalue weighted by molar-refractivity contribution is -0.142. The van der Waals surface area contributed by atoms with Gasteiger partial charge in [-0.15, -0.1) is 0 Å². The number of carbonyl (C=O) groups is 2. The molecule has 0 aromatic heterocycles. The molecule has 0 aliphatic carbocycles. The topological polar surface area (TPSA) is 67.9 Å². The van der Waals surface area contributed by atoms with Gasteiger partial charge in [0.1, 0.15) is 17.5 Å². The summed E-state index contributed by atoms with van der Waals surface area (Å²) in [5.41, 5.74) is 2.05. The van der Waals surface area contributed by atoms with Crippen LogP contribution in [-0.4, -0.2) is 43.0 Å². The first kappa shape index (κ1) is 25.7. The minimum Gasteiger partial charge on any atom is -0.497 e. The van der Waals surface area contributed by atoms with Crippen LogP contribution >= 0.6 is 15.9 Å². The van der Waals surface area contributed by atoms with Gasteiger partial charge in [-0.05, 0) is 71.1 Å². The highest BCUT2D eigenvalue weighted by Crippen LogP contribution is 2.26. The van der Waals surface area contributed by atoms with Crippen molar-refractivity contribution in [2.24, 2.45) is 0 Å². The van der Waals surface area contributed by atoms with E-state index in [0.29, 0.717) is 18.0 Å². The summed E-state index contributed by atoms with van der Waals surface area (Å²) in [5, 5.41) is 2.92. The zero-order valence-electron chi connectivity index (χ0n) is 19.3. The summed E-state index contributed by atoms with van der Waals surface area (Å²) in [4.78, 5) is 27.4. The molecule has 0 saturated carbocycles. The third-order valence-corrected chi connectivity index (χ3v) is 5.86. The summed E-state index contributed by atoms with van der Waals surface area (Å²) in [6.07, 6.45) is 2.80. The number of benzene rings is 2. The van der Waals surface area contributed by atoms with Crippen LogP contribution in [-0.2, 0) is 22.6 Å². The van der Waals surface area contributed by atoms with Crippen molar-refractivity contribution in [3.8, 4) is 11.5 Å². The Morgan fingerprint density at radius 2 is 1.91 bits per heavy atom. The van der Waals surface area contributed by atoms with Crippen molar-refractivity contribution in [3.05, 3.63) is 58.1 Å². The Kier molecular flexibility index (Phi) is 10.5. The quantitative estimate of drug-likeness (QED) is 0.424. The molecule has 6 nitrogen and oxygen atoms in total. The van der Waals surface area contributed by atoms with E-state index in [4.69, 9.17) is 9.47 Å². The molecular weight excluding hydrogens is 472 g/mol. The standard InChI is InChI=1S/C25H33BrN2O4/c1-5-7-13-27-25(30)18(3)28(16-20-9-8-10-21(14-20)31-4)24(29)17-32-23-12-11-19(6-2)15-22(23)26/h8-12,14-15,18H,5-7,13,16-17H2,1-4H3,(H,27,30)/t18-/m1/s1. The molecule has 2 aromatic rings. The SMILES string of the molecule is CCCCNC(=O)[C@@H](C)N(Cc1cccc(OC)c1)C(=O)COc1ccc(CC)cc1Br. The molecule has 0 saturated heterocycles. The van der Waals surface area contributed by atoms with Gasteiger partial charge >= 0.3 is 0 Å². The van der Waals surface area contributed by atoms with Crippen LogP contribution in [0.15, 0.2) is 46.9 Å².